The number of aldehydes is 1. The number of nitrogens with one attached hydrogen (secondary N) is 2. The summed E-state index contributed by atoms with van der Waals surface area (Å²) in [6.45, 7) is 1.46. The average Bonchev–Trinajstić information content (AvgIpc) is 3.38. The lowest BCUT2D eigenvalue weighted by Gasteiger charge is -2.14. The highest BCUT2D eigenvalue weighted by atomic mass is 32.1. The lowest BCUT2D eigenvalue weighted by molar-refractivity contribution is -0.274. The second kappa shape index (κ2) is 16.8. The number of halogens is 3. The molecule has 0 spiro atoms. The number of nitrogens with two attached hydrogens (primary N) is 2. The van der Waals surface area contributed by atoms with E-state index < -0.39 is 6.36 Å². The largest absolute Gasteiger partial charge is 0.573 e. The van der Waals surface area contributed by atoms with Crippen LogP contribution in [-0.2, 0) is 24.3 Å². The number of hydrogen-bond acceptors (Lipinski definition) is 10. The van der Waals surface area contributed by atoms with E-state index in [0.717, 1.165) is 35.4 Å². The first-order chi connectivity index (χ1) is 19.1. The van der Waals surface area contributed by atoms with Gasteiger partial charge in [-0.2, -0.15) is 0 Å². The Kier molecular flexibility index (Phi) is 13.6. The Balaban J connectivity index is 0.000000337. The maximum absolute atomic E-state index is 12.0. The van der Waals surface area contributed by atoms with Crippen molar-refractivity contribution < 1.29 is 27.5 Å². The highest BCUT2D eigenvalue weighted by Crippen LogP contribution is 2.23. The molecule has 3 aromatic rings. The molecule has 0 saturated heterocycles. The maximum atomic E-state index is 12.0. The van der Waals surface area contributed by atoms with Gasteiger partial charge in [0.15, 0.2) is 11.3 Å². The second-order valence-corrected chi connectivity index (χ2v) is 9.42. The Hall–Kier alpha value is -4.01. The summed E-state index contributed by atoms with van der Waals surface area (Å²) in [4.78, 5) is 22.5. The third-order valence-corrected chi connectivity index (χ3v) is 5.92. The van der Waals surface area contributed by atoms with Crippen LogP contribution in [0.1, 0.15) is 38.8 Å². The molecular weight excluding hydrogens is 547 g/mol. The van der Waals surface area contributed by atoms with Crippen molar-refractivity contribution in [3.63, 3.8) is 0 Å². The van der Waals surface area contributed by atoms with Gasteiger partial charge in [0.25, 0.3) is 5.91 Å². The van der Waals surface area contributed by atoms with Crippen LogP contribution in [0.2, 0.25) is 0 Å². The van der Waals surface area contributed by atoms with Gasteiger partial charge in [-0.1, -0.05) is 53.8 Å². The number of unbranched alkanes of at least 4 members (excludes halogenated alkanes) is 1. The standard InChI is InChI=1S/C17H22N6O2S.C9H10F3NO/c18-14(17(25)20-10-13-6-2-1-3-7-13)11-23(19)9-5-4-8-15-21-22-16(12-24)26-15;1-13-6-7-3-2-4-8(5-7)14-9(10,11)12/h1-3,6-7,11-12H,4-5,8-10,18-19H2,(H,20,25);2-5,13H,6H2,1H3/b14-11-;. The smallest absolute Gasteiger partial charge is 0.406 e. The highest BCUT2D eigenvalue weighted by Gasteiger charge is 2.31. The first-order valence-electron chi connectivity index (χ1n) is 12.2. The average molecular weight is 580 g/mol. The van der Waals surface area contributed by atoms with Crippen molar-refractivity contribution in [3.05, 3.63) is 87.6 Å². The van der Waals surface area contributed by atoms with E-state index in [-0.39, 0.29) is 17.4 Å². The first-order valence-corrected chi connectivity index (χ1v) is 13.0. The minimum Gasteiger partial charge on any atom is -0.406 e. The summed E-state index contributed by atoms with van der Waals surface area (Å²) in [5.41, 5.74) is 7.57. The van der Waals surface area contributed by atoms with E-state index in [9.17, 15) is 22.8 Å². The molecule has 0 atom stereocenters. The molecule has 0 saturated carbocycles. The molecule has 0 aliphatic rings. The van der Waals surface area contributed by atoms with Crippen LogP contribution in [0.5, 0.6) is 5.75 Å². The van der Waals surface area contributed by atoms with Crippen molar-refractivity contribution in [3.8, 4) is 5.75 Å². The van der Waals surface area contributed by atoms with Crippen LogP contribution in [0.4, 0.5) is 13.2 Å². The number of rotatable bonds is 13. The van der Waals surface area contributed by atoms with Crippen LogP contribution >= 0.6 is 11.3 Å². The van der Waals surface area contributed by atoms with E-state index in [1.54, 1.807) is 13.1 Å². The SMILES string of the molecule is CNCc1cccc(OC(F)(F)F)c1.N/C(=C\N(N)CCCCc1nnc(C=O)s1)C(=O)NCc1ccccc1. The molecule has 0 unspecified atom stereocenters. The maximum Gasteiger partial charge on any atom is 0.573 e. The molecule has 10 nitrogen and oxygen atoms in total. The molecule has 40 heavy (non-hydrogen) atoms. The highest BCUT2D eigenvalue weighted by molar-refractivity contribution is 7.12. The fourth-order valence-electron chi connectivity index (χ4n) is 3.22. The summed E-state index contributed by atoms with van der Waals surface area (Å²) in [6.07, 6.45) is -0.138. The monoisotopic (exact) mass is 579 g/mol. The topological polar surface area (TPSA) is 148 Å². The zero-order chi connectivity index (χ0) is 29.4. The van der Waals surface area contributed by atoms with Gasteiger partial charge in [-0.25, -0.2) is 5.84 Å². The number of amides is 1. The van der Waals surface area contributed by atoms with Gasteiger partial charge in [-0.05, 0) is 43.1 Å². The molecule has 1 amide bonds. The molecule has 0 bridgehead atoms. The van der Waals surface area contributed by atoms with Crippen molar-refractivity contribution in [2.45, 2.75) is 38.7 Å². The molecule has 0 radical (unpaired) electrons. The Morgan fingerprint density at radius 3 is 2.45 bits per heavy atom. The van der Waals surface area contributed by atoms with Gasteiger partial charge >= 0.3 is 6.36 Å². The number of carbonyl (C=O) groups is 2. The van der Waals surface area contributed by atoms with Gasteiger partial charge in [0.1, 0.15) is 16.5 Å². The van der Waals surface area contributed by atoms with E-state index in [1.807, 2.05) is 30.3 Å². The predicted octanol–water partition coefficient (Wildman–Crippen LogP) is 3.27. The van der Waals surface area contributed by atoms with E-state index >= 15 is 0 Å². The fourth-order valence-corrected chi connectivity index (χ4v) is 3.92. The van der Waals surface area contributed by atoms with Crippen LogP contribution in [0, 0.1) is 0 Å². The molecule has 0 aliphatic heterocycles. The third-order valence-electron chi connectivity index (χ3n) is 5.02. The minimum absolute atomic E-state index is 0.0585. The van der Waals surface area contributed by atoms with Crippen LogP contribution < -0.4 is 26.9 Å². The quantitative estimate of drug-likeness (QED) is 0.0787. The lowest BCUT2D eigenvalue weighted by atomic mass is 10.2. The summed E-state index contributed by atoms with van der Waals surface area (Å²) in [7, 11) is 1.72. The second-order valence-electron chi connectivity index (χ2n) is 8.33. The van der Waals surface area contributed by atoms with E-state index in [4.69, 9.17) is 11.6 Å². The lowest BCUT2D eigenvalue weighted by Crippen LogP contribution is -2.33. The molecule has 14 heteroatoms. The number of alkyl halides is 3. The molecule has 216 valence electrons. The summed E-state index contributed by atoms with van der Waals surface area (Å²) < 4.78 is 39.2. The molecule has 2 aromatic carbocycles. The molecule has 3 rings (SSSR count). The fraction of sp³-hybridized carbons (Fsp3) is 0.308. The molecule has 6 N–H and O–H groups in total. The summed E-state index contributed by atoms with van der Waals surface area (Å²) >= 11 is 1.29. The normalized spacial score (nSPS) is 11.3. The van der Waals surface area contributed by atoms with Crippen LogP contribution in [0.3, 0.4) is 0 Å². The van der Waals surface area contributed by atoms with Crippen LogP contribution in [0.15, 0.2) is 66.5 Å². The number of benzene rings is 2. The molecular formula is C26H32F3N7O3S. The molecule has 0 aliphatic carbocycles. The zero-order valence-electron chi connectivity index (χ0n) is 21.9. The number of hydrazine groups is 1. The van der Waals surface area contributed by atoms with Gasteiger partial charge in [0, 0.05) is 32.3 Å². The van der Waals surface area contributed by atoms with Gasteiger partial charge in [0.05, 0.1) is 0 Å². The molecule has 0 fully saturated rings. The van der Waals surface area contributed by atoms with Crippen molar-refractivity contribution >= 4 is 23.5 Å². The van der Waals surface area contributed by atoms with E-state index in [2.05, 4.69) is 25.6 Å². The minimum atomic E-state index is -4.63. The van der Waals surface area contributed by atoms with E-state index in [1.165, 1.54) is 40.7 Å². The molecule has 1 heterocycles. The van der Waals surface area contributed by atoms with Gasteiger partial charge in [0.2, 0.25) is 0 Å². The van der Waals surface area contributed by atoms with Crippen LogP contribution in [0.25, 0.3) is 0 Å². The number of hydrogen-bond donors (Lipinski definition) is 4. The Labute approximate surface area is 234 Å². The van der Waals surface area contributed by atoms with Crippen molar-refractivity contribution in [1.82, 2.24) is 25.8 Å². The van der Waals surface area contributed by atoms with Gasteiger partial charge < -0.3 is 26.1 Å². The Morgan fingerprint density at radius 1 is 1.07 bits per heavy atom. The summed E-state index contributed by atoms with van der Waals surface area (Å²) in [5.74, 6) is 5.30. The third kappa shape index (κ3) is 13.2. The van der Waals surface area contributed by atoms with Crippen molar-refractivity contribution in [2.75, 3.05) is 13.6 Å². The summed E-state index contributed by atoms with van der Waals surface area (Å²) in [5, 5.41) is 15.9. The number of aromatic nitrogens is 2. The van der Waals surface area contributed by atoms with E-state index in [0.29, 0.717) is 30.9 Å². The number of ether oxygens (including phenoxy) is 1. The van der Waals surface area contributed by atoms with Gasteiger partial charge in [-0.15, -0.1) is 23.4 Å². The zero-order valence-corrected chi connectivity index (χ0v) is 22.7. The number of carbonyl (C=O) groups excluding carboxylic acids is 2. The number of nitrogens with zero attached hydrogens (tertiary/aromatic N) is 3. The van der Waals surface area contributed by atoms with Crippen LogP contribution in [-0.4, -0.2) is 47.4 Å². The number of aryl methyl sites for hydroxylation is 1. The van der Waals surface area contributed by atoms with Crippen molar-refractivity contribution in [2.24, 2.45) is 11.6 Å². The predicted molar refractivity (Wildman–Crippen MR) is 146 cm³/mol. The Morgan fingerprint density at radius 2 is 1.80 bits per heavy atom. The van der Waals surface area contributed by atoms with Crippen molar-refractivity contribution in [1.29, 1.82) is 0 Å². The van der Waals surface area contributed by atoms with Gasteiger partial charge in [-0.3, -0.25) is 9.59 Å². The first kappa shape index (κ1) is 32.2. The Bertz CT molecular complexity index is 1220. The summed E-state index contributed by atoms with van der Waals surface area (Å²) in [6, 6.07) is 15.4. The molecule has 1 aromatic heterocycles.